The van der Waals surface area contributed by atoms with Crippen molar-refractivity contribution in [3.8, 4) is 0 Å². The van der Waals surface area contributed by atoms with E-state index in [1.54, 1.807) is 12.2 Å². The molecule has 0 unspecified atom stereocenters. The first-order valence-electron chi connectivity index (χ1n) is 11.4. The second-order valence-corrected chi connectivity index (χ2v) is 7.72. The lowest BCUT2D eigenvalue weighted by molar-refractivity contribution is -0.114. The maximum Gasteiger partial charge on any atom is 0.156 e. The Labute approximate surface area is 187 Å². The summed E-state index contributed by atoms with van der Waals surface area (Å²) < 4.78 is 0. The molecular formula is C28H35NO2. The highest BCUT2D eigenvalue weighted by Crippen LogP contribution is 2.08. The molecule has 0 saturated heterocycles. The van der Waals surface area contributed by atoms with Gasteiger partial charge in [-0.05, 0) is 53.8 Å². The van der Waals surface area contributed by atoms with Crippen molar-refractivity contribution in [2.45, 2.75) is 46.5 Å². The number of nitrogens with zero attached hydrogens (tertiary/aromatic N) is 1. The number of carbonyl (C=O) groups excluding carboxylic acids is 2. The smallest absolute Gasteiger partial charge is 0.156 e. The molecule has 0 spiro atoms. The van der Waals surface area contributed by atoms with E-state index in [2.05, 4.69) is 49.9 Å². The molecule has 0 atom stereocenters. The van der Waals surface area contributed by atoms with Gasteiger partial charge in [0.1, 0.15) is 0 Å². The van der Waals surface area contributed by atoms with Gasteiger partial charge in [-0.25, -0.2) is 0 Å². The Kier molecular flexibility index (Phi) is 10.7. The van der Waals surface area contributed by atoms with E-state index in [0.717, 1.165) is 30.5 Å². The normalized spacial score (nSPS) is 11.6. The van der Waals surface area contributed by atoms with Crippen molar-refractivity contribution in [1.82, 2.24) is 4.90 Å². The second kappa shape index (κ2) is 13.5. The van der Waals surface area contributed by atoms with Crippen LogP contribution in [0.1, 0.15) is 55.9 Å². The Balaban J connectivity index is 1.73. The van der Waals surface area contributed by atoms with Gasteiger partial charge >= 0.3 is 0 Å². The standard InChI is InChI=1S/C28H35NO2/c1-4-23-7-11-25(12-8-23)15-17-27(30)19-21-29(6-3)22-20-28(31)18-16-26-13-9-24(5-2)10-14-26/h7-18H,4-6,19-22H2,1-3H3. The fourth-order valence-corrected chi connectivity index (χ4v) is 3.24. The highest BCUT2D eigenvalue weighted by Gasteiger charge is 2.07. The van der Waals surface area contributed by atoms with Gasteiger partial charge in [-0.2, -0.15) is 0 Å². The summed E-state index contributed by atoms with van der Waals surface area (Å²) >= 11 is 0. The van der Waals surface area contributed by atoms with Crippen LogP contribution in [0.2, 0.25) is 0 Å². The van der Waals surface area contributed by atoms with Gasteiger partial charge in [0.15, 0.2) is 11.6 Å². The van der Waals surface area contributed by atoms with E-state index in [9.17, 15) is 9.59 Å². The minimum Gasteiger partial charge on any atom is -0.303 e. The first-order chi connectivity index (χ1) is 15.0. The molecule has 3 nitrogen and oxygen atoms in total. The Hall–Kier alpha value is -2.78. The number of benzene rings is 2. The van der Waals surface area contributed by atoms with Crippen molar-refractivity contribution in [2.24, 2.45) is 0 Å². The maximum atomic E-state index is 12.2. The lowest BCUT2D eigenvalue weighted by atomic mass is 10.1. The lowest BCUT2D eigenvalue weighted by Crippen LogP contribution is -2.28. The maximum absolute atomic E-state index is 12.2. The summed E-state index contributed by atoms with van der Waals surface area (Å²) in [6.45, 7) is 8.48. The molecule has 2 aromatic rings. The van der Waals surface area contributed by atoms with Gasteiger partial charge in [0.05, 0.1) is 0 Å². The van der Waals surface area contributed by atoms with Crippen LogP contribution in [-0.4, -0.2) is 36.1 Å². The van der Waals surface area contributed by atoms with E-state index >= 15 is 0 Å². The zero-order valence-corrected chi connectivity index (χ0v) is 19.1. The van der Waals surface area contributed by atoms with E-state index in [0.29, 0.717) is 25.9 Å². The van der Waals surface area contributed by atoms with Gasteiger partial charge in [0, 0.05) is 25.9 Å². The molecule has 31 heavy (non-hydrogen) atoms. The Morgan fingerprint density at radius 3 is 1.39 bits per heavy atom. The molecule has 2 rings (SSSR count). The zero-order chi connectivity index (χ0) is 22.5. The van der Waals surface area contributed by atoms with Gasteiger partial charge in [-0.3, -0.25) is 9.59 Å². The first-order valence-corrected chi connectivity index (χ1v) is 11.4. The third-order valence-corrected chi connectivity index (χ3v) is 5.50. The Bertz CT molecular complexity index is 803. The van der Waals surface area contributed by atoms with Crippen LogP contribution in [0.5, 0.6) is 0 Å². The van der Waals surface area contributed by atoms with Gasteiger partial charge in [0.2, 0.25) is 0 Å². The van der Waals surface area contributed by atoms with E-state index in [4.69, 9.17) is 0 Å². The molecule has 0 aliphatic rings. The highest BCUT2D eigenvalue weighted by atomic mass is 16.1. The van der Waals surface area contributed by atoms with Crippen LogP contribution < -0.4 is 0 Å². The molecule has 3 heteroatoms. The fourth-order valence-electron chi connectivity index (χ4n) is 3.24. The second-order valence-electron chi connectivity index (χ2n) is 7.72. The summed E-state index contributed by atoms with van der Waals surface area (Å²) in [6, 6.07) is 16.5. The predicted octanol–water partition coefficient (Wildman–Crippen LogP) is 5.78. The van der Waals surface area contributed by atoms with Crippen molar-refractivity contribution < 1.29 is 9.59 Å². The van der Waals surface area contributed by atoms with Crippen LogP contribution in [0.15, 0.2) is 60.7 Å². The number of ketones is 2. The fraction of sp³-hybridized carbons (Fsp3) is 0.357. The van der Waals surface area contributed by atoms with Crippen LogP contribution in [-0.2, 0) is 22.4 Å². The van der Waals surface area contributed by atoms with Gasteiger partial charge < -0.3 is 4.90 Å². The lowest BCUT2D eigenvalue weighted by Gasteiger charge is -2.18. The molecule has 0 aliphatic heterocycles. The minimum absolute atomic E-state index is 0.111. The quantitative estimate of drug-likeness (QED) is 0.388. The van der Waals surface area contributed by atoms with Crippen molar-refractivity contribution in [2.75, 3.05) is 19.6 Å². The summed E-state index contributed by atoms with van der Waals surface area (Å²) in [6.07, 6.45) is 10.0. The molecule has 0 aromatic heterocycles. The Morgan fingerprint density at radius 2 is 1.06 bits per heavy atom. The van der Waals surface area contributed by atoms with Crippen molar-refractivity contribution in [3.05, 3.63) is 82.9 Å². The topological polar surface area (TPSA) is 37.4 Å². The van der Waals surface area contributed by atoms with E-state index in [-0.39, 0.29) is 11.6 Å². The minimum atomic E-state index is 0.111. The van der Waals surface area contributed by atoms with Crippen LogP contribution in [0.4, 0.5) is 0 Å². The molecule has 0 radical (unpaired) electrons. The molecule has 0 saturated carbocycles. The van der Waals surface area contributed by atoms with Crippen molar-refractivity contribution >= 4 is 23.7 Å². The van der Waals surface area contributed by atoms with Gasteiger partial charge in [-0.1, -0.05) is 81.5 Å². The van der Waals surface area contributed by atoms with Crippen LogP contribution in [0.25, 0.3) is 12.2 Å². The zero-order valence-electron chi connectivity index (χ0n) is 19.1. The number of aryl methyl sites for hydroxylation is 2. The Morgan fingerprint density at radius 1 is 0.677 bits per heavy atom. The predicted molar refractivity (Wildman–Crippen MR) is 131 cm³/mol. The molecule has 0 amide bonds. The number of allylic oxidation sites excluding steroid dienone is 2. The molecule has 0 fully saturated rings. The molecule has 164 valence electrons. The average molecular weight is 418 g/mol. The molecule has 0 heterocycles. The molecule has 0 aliphatic carbocycles. The summed E-state index contributed by atoms with van der Waals surface area (Å²) in [5.74, 6) is 0.222. The summed E-state index contributed by atoms with van der Waals surface area (Å²) in [4.78, 5) is 26.6. The molecule has 2 aromatic carbocycles. The highest BCUT2D eigenvalue weighted by molar-refractivity contribution is 5.94. The molecular weight excluding hydrogens is 382 g/mol. The number of carbonyl (C=O) groups is 2. The SMILES string of the molecule is CCc1ccc(C=CC(=O)CCN(CC)CCC(=O)C=Cc2ccc(CC)cc2)cc1. The summed E-state index contributed by atoms with van der Waals surface area (Å²) in [5, 5.41) is 0. The van der Waals surface area contributed by atoms with E-state index < -0.39 is 0 Å². The summed E-state index contributed by atoms with van der Waals surface area (Å²) in [5.41, 5.74) is 4.67. The summed E-state index contributed by atoms with van der Waals surface area (Å²) in [7, 11) is 0. The number of hydrogen-bond acceptors (Lipinski definition) is 3. The van der Waals surface area contributed by atoms with Gasteiger partial charge in [0.25, 0.3) is 0 Å². The first kappa shape index (κ1) is 24.5. The van der Waals surface area contributed by atoms with E-state index in [1.807, 2.05) is 36.4 Å². The number of rotatable bonds is 13. The largest absolute Gasteiger partial charge is 0.303 e. The third-order valence-electron chi connectivity index (χ3n) is 5.50. The van der Waals surface area contributed by atoms with E-state index in [1.165, 1.54) is 11.1 Å². The monoisotopic (exact) mass is 417 g/mol. The third kappa shape index (κ3) is 9.27. The van der Waals surface area contributed by atoms with Gasteiger partial charge in [-0.15, -0.1) is 0 Å². The number of hydrogen-bond donors (Lipinski definition) is 0. The van der Waals surface area contributed by atoms with Crippen molar-refractivity contribution in [3.63, 3.8) is 0 Å². The van der Waals surface area contributed by atoms with Crippen molar-refractivity contribution in [1.29, 1.82) is 0 Å². The van der Waals surface area contributed by atoms with Crippen LogP contribution in [0.3, 0.4) is 0 Å². The van der Waals surface area contributed by atoms with Crippen LogP contribution >= 0.6 is 0 Å². The molecule has 0 N–H and O–H groups in total. The van der Waals surface area contributed by atoms with Crippen LogP contribution in [0, 0.1) is 0 Å². The average Bonchev–Trinajstić information content (AvgIpc) is 2.82. The molecule has 0 bridgehead atoms.